The molecule has 9 heteroatoms. The highest BCUT2D eigenvalue weighted by atomic mass is 32.2. The fraction of sp³-hybridized carbons (Fsp3) is 0.174. The van der Waals surface area contributed by atoms with Crippen LogP contribution in [0, 0.1) is 24.0 Å². The number of carbonyl (C=O) groups excluding carboxylic acids is 1. The van der Waals surface area contributed by atoms with E-state index < -0.39 is 27.0 Å². The summed E-state index contributed by atoms with van der Waals surface area (Å²) in [5, 5.41) is 10.8. The van der Waals surface area contributed by atoms with Crippen LogP contribution in [0.3, 0.4) is 0 Å². The maximum absolute atomic E-state index is 12.7. The van der Waals surface area contributed by atoms with E-state index in [0.29, 0.717) is 5.56 Å². The molecule has 0 heterocycles. The highest BCUT2D eigenvalue weighted by Gasteiger charge is 2.23. The third kappa shape index (κ3) is 5.57. The number of benzene rings is 3. The molecule has 0 spiro atoms. The fourth-order valence-corrected chi connectivity index (χ4v) is 4.10. The van der Waals surface area contributed by atoms with Crippen molar-refractivity contribution in [3.8, 4) is 0 Å². The number of ether oxygens (including phenoxy) is 1. The van der Waals surface area contributed by atoms with E-state index in [4.69, 9.17) is 4.74 Å². The van der Waals surface area contributed by atoms with Gasteiger partial charge in [-0.2, -0.15) is 0 Å². The number of non-ortho nitro benzene ring substituents is 1. The Bertz CT molecular complexity index is 1220. The number of nitrogens with one attached hydrogen (secondary N) is 1. The quantitative estimate of drug-likeness (QED) is 0.311. The summed E-state index contributed by atoms with van der Waals surface area (Å²) in [5.41, 5.74) is 2.37. The standard InChI is InChI=1S/C23H22N2O6S/c1-16-7-13-20(14-8-16)32(29,30)24-15-22(21-6-4-3-5-17(21)2)31-23(26)18-9-11-19(12-10-18)25(27)28/h3-14,22,24H,15H2,1-2H3. The first kappa shape index (κ1) is 23.1. The second-order valence-electron chi connectivity index (χ2n) is 7.22. The van der Waals surface area contributed by atoms with Gasteiger partial charge in [0, 0.05) is 12.1 Å². The first-order valence-corrected chi connectivity index (χ1v) is 11.2. The Morgan fingerprint density at radius 1 is 1.00 bits per heavy atom. The van der Waals surface area contributed by atoms with Crippen LogP contribution in [0.5, 0.6) is 0 Å². The van der Waals surface area contributed by atoms with Crippen LogP contribution in [0.1, 0.15) is 33.2 Å². The molecule has 0 saturated carbocycles. The van der Waals surface area contributed by atoms with Gasteiger partial charge in [0.2, 0.25) is 10.0 Å². The number of esters is 1. The van der Waals surface area contributed by atoms with Gasteiger partial charge in [0.25, 0.3) is 5.69 Å². The highest BCUT2D eigenvalue weighted by Crippen LogP contribution is 2.24. The van der Waals surface area contributed by atoms with Gasteiger partial charge in [0.1, 0.15) is 6.10 Å². The fourth-order valence-electron chi connectivity index (χ4n) is 3.07. The molecule has 0 aliphatic carbocycles. The van der Waals surface area contributed by atoms with Crippen molar-refractivity contribution in [2.45, 2.75) is 24.8 Å². The van der Waals surface area contributed by atoms with Crippen LogP contribution in [0.2, 0.25) is 0 Å². The van der Waals surface area contributed by atoms with Gasteiger partial charge in [-0.3, -0.25) is 10.1 Å². The normalized spacial score (nSPS) is 12.2. The second-order valence-corrected chi connectivity index (χ2v) is 8.99. The zero-order valence-electron chi connectivity index (χ0n) is 17.5. The average Bonchev–Trinajstić information content (AvgIpc) is 2.77. The Balaban J connectivity index is 1.82. The van der Waals surface area contributed by atoms with Crippen molar-refractivity contribution in [3.05, 3.63) is 105 Å². The molecule has 0 aliphatic heterocycles. The van der Waals surface area contributed by atoms with Gasteiger partial charge in [-0.1, -0.05) is 42.0 Å². The number of hydrogen-bond acceptors (Lipinski definition) is 6. The molecule has 32 heavy (non-hydrogen) atoms. The van der Waals surface area contributed by atoms with E-state index in [-0.39, 0.29) is 22.7 Å². The molecule has 3 aromatic carbocycles. The number of hydrogen-bond donors (Lipinski definition) is 1. The topological polar surface area (TPSA) is 116 Å². The van der Waals surface area contributed by atoms with Crippen LogP contribution in [-0.2, 0) is 14.8 Å². The molecule has 1 atom stereocenters. The van der Waals surface area contributed by atoms with Gasteiger partial charge in [0.05, 0.1) is 21.9 Å². The van der Waals surface area contributed by atoms with E-state index in [2.05, 4.69) is 4.72 Å². The molecule has 0 fully saturated rings. The Morgan fingerprint density at radius 2 is 1.62 bits per heavy atom. The third-order valence-electron chi connectivity index (χ3n) is 4.89. The monoisotopic (exact) mass is 454 g/mol. The molecular formula is C23H22N2O6S. The van der Waals surface area contributed by atoms with Crippen molar-refractivity contribution in [3.63, 3.8) is 0 Å². The van der Waals surface area contributed by atoms with Crippen LogP contribution >= 0.6 is 0 Å². The Kier molecular flexibility index (Phi) is 7.01. The average molecular weight is 455 g/mol. The van der Waals surface area contributed by atoms with Crippen LogP contribution in [0.15, 0.2) is 77.7 Å². The van der Waals surface area contributed by atoms with E-state index in [0.717, 1.165) is 11.1 Å². The van der Waals surface area contributed by atoms with Crippen LogP contribution in [0.4, 0.5) is 5.69 Å². The Morgan fingerprint density at radius 3 is 2.22 bits per heavy atom. The van der Waals surface area contributed by atoms with E-state index in [1.54, 1.807) is 24.3 Å². The second kappa shape index (κ2) is 9.71. The predicted octanol–water partition coefficient (Wildman–Crippen LogP) is 4.09. The van der Waals surface area contributed by atoms with E-state index in [1.807, 2.05) is 26.0 Å². The first-order chi connectivity index (χ1) is 15.2. The molecule has 0 aliphatic rings. The lowest BCUT2D eigenvalue weighted by atomic mass is 10.0. The number of carbonyl (C=O) groups is 1. The molecule has 0 aromatic heterocycles. The van der Waals surface area contributed by atoms with Gasteiger partial charge in [-0.05, 0) is 49.2 Å². The lowest BCUT2D eigenvalue weighted by Crippen LogP contribution is -2.31. The summed E-state index contributed by atoms with van der Waals surface area (Å²) >= 11 is 0. The van der Waals surface area contributed by atoms with Crippen LogP contribution in [-0.4, -0.2) is 25.9 Å². The molecule has 8 nitrogen and oxygen atoms in total. The van der Waals surface area contributed by atoms with Gasteiger partial charge >= 0.3 is 5.97 Å². The summed E-state index contributed by atoms with van der Waals surface area (Å²) in [6.07, 6.45) is -0.904. The van der Waals surface area contributed by atoms with Crippen molar-refractivity contribution < 1.29 is 22.9 Å². The van der Waals surface area contributed by atoms with E-state index in [9.17, 15) is 23.3 Å². The van der Waals surface area contributed by atoms with Crippen LogP contribution in [0.25, 0.3) is 0 Å². The number of rotatable bonds is 8. The van der Waals surface area contributed by atoms with Crippen LogP contribution < -0.4 is 4.72 Å². The van der Waals surface area contributed by atoms with Crippen molar-refractivity contribution in [2.24, 2.45) is 0 Å². The first-order valence-electron chi connectivity index (χ1n) is 9.74. The summed E-state index contributed by atoms with van der Waals surface area (Å²) in [5.74, 6) is -0.720. The maximum Gasteiger partial charge on any atom is 0.338 e. The number of sulfonamides is 1. The Hall–Kier alpha value is -3.56. The molecule has 0 saturated heterocycles. The lowest BCUT2D eigenvalue weighted by Gasteiger charge is -2.21. The smallest absolute Gasteiger partial charge is 0.338 e. The zero-order valence-corrected chi connectivity index (χ0v) is 18.3. The van der Waals surface area contributed by atoms with Gasteiger partial charge < -0.3 is 4.74 Å². The minimum atomic E-state index is -3.82. The number of nitrogens with zero attached hydrogens (tertiary/aromatic N) is 1. The van der Waals surface area contributed by atoms with Crippen molar-refractivity contribution >= 4 is 21.7 Å². The molecule has 166 valence electrons. The molecule has 0 amide bonds. The SMILES string of the molecule is Cc1ccc(S(=O)(=O)NCC(OC(=O)c2ccc([N+](=O)[O-])cc2)c2ccccc2C)cc1. The summed E-state index contributed by atoms with van der Waals surface area (Å²) in [6.45, 7) is 3.51. The molecule has 1 N–H and O–H groups in total. The molecular weight excluding hydrogens is 432 g/mol. The lowest BCUT2D eigenvalue weighted by molar-refractivity contribution is -0.384. The molecule has 3 rings (SSSR count). The number of aryl methyl sites for hydroxylation is 2. The molecule has 1 unspecified atom stereocenters. The molecule has 3 aromatic rings. The van der Waals surface area contributed by atoms with E-state index >= 15 is 0 Å². The minimum Gasteiger partial charge on any atom is -0.452 e. The summed E-state index contributed by atoms with van der Waals surface area (Å²) < 4.78 is 33.5. The third-order valence-corrected chi connectivity index (χ3v) is 6.33. The minimum absolute atomic E-state index is 0.105. The molecule has 0 radical (unpaired) electrons. The maximum atomic E-state index is 12.7. The zero-order chi connectivity index (χ0) is 23.3. The summed E-state index contributed by atoms with van der Waals surface area (Å²) in [7, 11) is -3.82. The predicted molar refractivity (Wildman–Crippen MR) is 119 cm³/mol. The van der Waals surface area contributed by atoms with Gasteiger partial charge in [0.15, 0.2) is 0 Å². The van der Waals surface area contributed by atoms with Crippen molar-refractivity contribution in [2.75, 3.05) is 6.54 Å². The van der Waals surface area contributed by atoms with Crippen molar-refractivity contribution in [1.29, 1.82) is 0 Å². The Labute approximate surface area is 186 Å². The number of nitro benzene ring substituents is 1. The van der Waals surface area contributed by atoms with Gasteiger partial charge in [-0.25, -0.2) is 17.9 Å². The highest BCUT2D eigenvalue weighted by molar-refractivity contribution is 7.89. The number of nitro groups is 1. The summed E-state index contributed by atoms with van der Waals surface area (Å²) in [6, 6.07) is 18.6. The van der Waals surface area contributed by atoms with Gasteiger partial charge in [-0.15, -0.1) is 0 Å². The molecule has 0 bridgehead atoms. The summed E-state index contributed by atoms with van der Waals surface area (Å²) in [4.78, 5) is 23.0. The largest absolute Gasteiger partial charge is 0.452 e. The van der Waals surface area contributed by atoms with Crippen molar-refractivity contribution in [1.82, 2.24) is 4.72 Å². The van der Waals surface area contributed by atoms with E-state index in [1.165, 1.54) is 36.4 Å².